The average molecular weight is 395 g/mol. The smallest absolute Gasteiger partial charge is 0.408 e. The summed E-state index contributed by atoms with van der Waals surface area (Å²) in [5, 5.41) is 6.76. The summed E-state index contributed by atoms with van der Waals surface area (Å²) in [6, 6.07) is 6.20. The van der Waals surface area contributed by atoms with E-state index >= 15 is 0 Å². The topological polar surface area (TPSA) is 80.6 Å². The van der Waals surface area contributed by atoms with Crippen molar-refractivity contribution in [2.75, 3.05) is 0 Å². The van der Waals surface area contributed by atoms with Crippen LogP contribution < -0.4 is 10.6 Å². The molecule has 2 rings (SSSR count). The van der Waals surface area contributed by atoms with Gasteiger partial charge in [-0.3, -0.25) is 4.79 Å². The van der Waals surface area contributed by atoms with Gasteiger partial charge in [0.2, 0.25) is 5.91 Å². The number of benzene rings is 1. The van der Waals surface area contributed by atoms with Crippen molar-refractivity contribution in [1.29, 1.82) is 0 Å². The number of para-hydroxylation sites is 1. The van der Waals surface area contributed by atoms with E-state index in [0.717, 1.165) is 5.39 Å². The lowest BCUT2D eigenvalue weighted by Crippen LogP contribution is -2.51. The van der Waals surface area contributed by atoms with Gasteiger partial charge >= 0.3 is 6.09 Å². The first-order valence-electron chi connectivity index (χ1n) is 8.96. The second-order valence-corrected chi connectivity index (χ2v) is 8.25. The van der Waals surface area contributed by atoms with E-state index in [1.54, 1.807) is 27.7 Å². The van der Waals surface area contributed by atoms with Crippen LogP contribution in [-0.4, -0.2) is 23.6 Å². The molecule has 0 saturated heterocycles. The molecule has 1 aromatic carbocycles. The maximum absolute atomic E-state index is 12.7. The van der Waals surface area contributed by atoms with Crippen LogP contribution in [0.4, 0.5) is 4.79 Å². The van der Waals surface area contributed by atoms with Gasteiger partial charge in [-0.2, -0.15) is 0 Å². The van der Waals surface area contributed by atoms with Crippen molar-refractivity contribution >= 4 is 34.6 Å². The van der Waals surface area contributed by atoms with E-state index in [1.165, 1.54) is 0 Å². The van der Waals surface area contributed by atoms with Gasteiger partial charge in [-0.15, -0.1) is 0 Å². The molecular weight excluding hydrogens is 368 g/mol. The Kier molecular flexibility index (Phi) is 6.42. The number of ether oxygens (including phenoxy) is 1. The summed E-state index contributed by atoms with van der Waals surface area (Å²) < 4.78 is 11.0. The van der Waals surface area contributed by atoms with E-state index in [4.69, 9.17) is 20.8 Å². The second kappa shape index (κ2) is 8.21. The second-order valence-electron chi connectivity index (χ2n) is 7.87. The van der Waals surface area contributed by atoms with Crippen molar-refractivity contribution < 1.29 is 18.7 Å². The molecule has 7 heteroatoms. The molecule has 0 radical (unpaired) electrons. The lowest BCUT2D eigenvalue weighted by Gasteiger charge is -2.26. The third-order valence-electron chi connectivity index (χ3n) is 3.93. The lowest BCUT2D eigenvalue weighted by atomic mass is 10.0. The van der Waals surface area contributed by atoms with Gasteiger partial charge in [0.15, 0.2) is 0 Å². The molecule has 6 nitrogen and oxygen atoms in total. The SMILES string of the molecule is CC(NC(=O)[C@@H](NC(=O)OC(C)(C)C)C(C)C)c1oc2ccccc2c1Cl. The molecule has 1 heterocycles. The molecule has 2 amide bonds. The van der Waals surface area contributed by atoms with E-state index in [-0.39, 0.29) is 11.8 Å². The van der Waals surface area contributed by atoms with Crippen LogP contribution in [0.5, 0.6) is 0 Å². The Labute approximate surface area is 164 Å². The molecule has 0 aliphatic carbocycles. The Bertz CT molecular complexity index is 823. The first-order valence-corrected chi connectivity index (χ1v) is 9.34. The number of furan rings is 1. The number of carbonyl (C=O) groups is 2. The Balaban J connectivity index is 2.11. The highest BCUT2D eigenvalue weighted by atomic mass is 35.5. The van der Waals surface area contributed by atoms with Gasteiger partial charge in [-0.05, 0) is 45.7 Å². The molecule has 0 fully saturated rings. The molecule has 2 N–H and O–H groups in total. The molecule has 0 aliphatic rings. The summed E-state index contributed by atoms with van der Waals surface area (Å²) in [6.45, 7) is 10.8. The largest absolute Gasteiger partial charge is 0.457 e. The van der Waals surface area contributed by atoms with Crippen molar-refractivity contribution in [3.05, 3.63) is 35.0 Å². The zero-order chi connectivity index (χ0) is 20.4. The summed E-state index contributed by atoms with van der Waals surface area (Å²) in [5.41, 5.74) is 0.0165. The van der Waals surface area contributed by atoms with Crippen molar-refractivity contribution in [3.63, 3.8) is 0 Å². The quantitative estimate of drug-likeness (QED) is 0.762. The van der Waals surface area contributed by atoms with Gasteiger partial charge in [0.25, 0.3) is 0 Å². The zero-order valence-corrected chi connectivity index (χ0v) is 17.3. The maximum atomic E-state index is 12.7. The fraction of sp³-hybridized carbons (Fsp3) is 0.500. The Morgan fingerprint density at radius 2 is 1.74 bits per heavy atom. The van der Waals surface area contributed by atoms with Gasteiger partial charge in [-0.1, -0.05) is 37.6 Å². The van der Waals surface area contributed by atoms with Gasteiger partial charge in [0.05, 0.1) is 11.1 Å². The van der Waals surface area contributed by atoms with Crippen molar-refractivity contribution in [2.45, 2.75) is 59.2 Å². The summed E-state index contributed by atoms with van der Waals surface area (Å²) in [4.78, 5) is 24.8. The maximum Gasteiger partial charge on any atom is 0.408 e. The fourth-order valence-corrected chi connectivity index (χ4v) is 3.01. The predicted molar refractivity (Wildman–Crippen MR) is 106 cm³/mol. The van der Waals surface area contributed by atoms with Crippen LogP contribution in [0.1, 0.15) is 53.3 Å². The van der Waals surface area contributed by atoms with Gasteiger partial charge in [0, 0.05) is 5.39 Å². The molecule has 0 spiro atoms. The molecule has 2 aromatic rings. The third-order valence-corrected chi connectivity index (χ3v) is 4.32. The Morgan fingerprint density at radius 1 is 1.11 bits per heavy atom. The number of halogens is 1. The number of fused-ring (bicyclic) bond motifs is 1. The minimum Gasteiger partial charge on any atom is -0.457 e. The van der Waals surface area contributed by atoms with Crippen LogP contribution in [0.3, 0.4) is 0 Å². The van der Waals surface area contributed by atoms with Crippen LogP contribution in [0.2, 0.25) is 5.02 Å². The van der Waals surface area contributed by atoms with E-state index in [1.807, 2.05) is 38.1 Å². The van der Waals surface area contributed by atoms with E-state index < -0.39 is 23.8 Å². The van der Waals surface area contributed by atoms with Crippen LogP contribution in [-0.2, 0) is 9.53 Å². The van der Waals surface area contributed by atoms with Crippen molar-refractivity contribution in [1.82, 2.24) is 10.6 Å². The van der Waals surface area contributed by atoms with Crippen LogP contribution >= 0.6 is 11.6 Å². The predicted octanol–water partition coefficient (Wildman–Crippen LogP) is 4.81. The lowest BCUT2D eigenvalue weighted by molar-refractivity contribution is -0.125. The monoisotopic (exact) mass is 394 g/mol. The molecule has 0 saturated carbocycles. The number of rotatable bonds is 5. The number of carbonyl (C=O) groups excluding carboxylic acids is 2. The summed E-state index contributed by atoms with van der Waals surface area (Å²) in [5.74, 6) is 0.0155. The first-order chi connectivity index (χ1) is 12.5. The zero-order valence-electron chi connectivity index (χ0n) is 16.6. The van der Waals surface area contributed by atoms with Gasteiger partial charge < -0.3 is 19.8 Å². The summed E-state index contributed by atoms with van der Waals surface area (Å²) in [7, 11) is 0. The van der Waals surface area contributed by atoms with Crippen LogP contribution in [0, 0.1) is 5.92 Å². The number of hydrogen-bond donors (Lipinski definition) is 2. The molecule has 27 heavy (non-hydrogen) atoms. The summed E-state index contributed by atoms with van der Waals surface area (Å²) >= 11 is 6.40. The summed E-state index contributed by atoms with van der Waals surface area (Å²) in [6.07, 6.45) is -0.634. The standard InChI is InChI=1S/C20H27ClN2O4/c1-11(2)16(23-19(25)27-20(4,5)6)18(24)22-12(3)17-15(21)13-9-7-8-10-14(13)26-17/h7-12,16H,1-6H3,(H,22,24)(H,23,25)/t12?,16-/m0/s1. The molecule has 148 valence electrons. The van der Waals surface area contributed by atoms with Crippen LogP contribution in [0.15, 0.2) is 28.7 Å². The average Bonchev–Trinajstić information content (AvgIpc) is 2.88. The van der Waals surface area contributed by atoms with Gasteiger partial charge in [-0.25, -0.2) is 4.79 Å². The molecule has 0 bridgehead atoms. The normalized spacial score (nSPS) is 14.1. The number of amides is 2. The Hall–Kier alpha value is -2.21. The van der Waals surface area contributed by atoms with Gasteiger partial charge in [0.1, 0.15) is 23.0 Å². The fourth-order valence-electron chi connectivity index (χ4n) is 2.65. The number of alkyl carbamates (subject to hydrolysis) is 1. The molecule has 2 atom stereocenters. The molecule has 1 aromatic heterocycles. The highest BCUT2D eigenvalue weighted by molar-refractivity contribution is 6.36. The third kappa shape index (κ3) is 5.39. The number of hydrogen-bond acceptors (Lipinski definition) is 4. The molecular formula is C20H27ClN2O4. The highest BCUT2D eigenvalue weighted by Gasteiger charge is 2.29. The first kappa shape index (κ1) is 21.1. The van der Waals surface area contributed by atoms with E-state index in [9.17, 15) is 9.59 Å². The van der Waals surface area contributed by atoms with Crippen LogP contribution in [0.25, 0.3) is 11.0 Å². The highest BCUT2D eigenvalue weighted by Crippen LogP contribution is 2.34. The minimum absolute atomic E-state index is 0.129. The van der Waals surface area contributed by atoms with E-state index in [0.29, 0.717) is 16.4 Å². The molecule has 0 aliphatic heterocycles. The number of nitrogens with one attached hydrogen (secondary N) is 2. The Morgan fingerprint density at radius 3 is 2.30 bits per heavy atom. The van der Waals surface area contributed by atoms with E-state index in [2.05, 4.69) is 10.6 Å². The molecule has 1 unspecified atom stereocenters. The minimum atomic E-state index is -0.745. The van der Waals surface area contributed by atoms with Crippen molar-refractivity contribution in [3.8, 4) is 0 Å². The van der Waals surface area contributed by atoms with Crippen molar-refractivity contribution in [2.24, 2.45) is 5.92 Å².